The van der Waals surface area contributed by atoms with Gasteiger partial charge in [-0.15, -0.1) is 0 Å². The van der Waals surface area contributed by atoms with Crippen LogP contribution in [0.15, 0.2) is 36.5 Å². The molecule has 2 aromatic rings. The maximum Gasteiger partial charge on any atom is 0.291 e. The summed E-state index contributed by atoms with van der Waals surface area (Å²) in [6, 6.07) is 9.19. The number of hydrogen-bond acceptors (Lipinski definition) is 3. The number of aromatic nitrogens is 1. The Morgan fingerprint density at radius 1 is 1.09 bits per heavy atom. The number of carbonyl (C=O) groups is 2. The van der Waals surface area contributed by atoms with Gasteiger partial charge in [-0.2, -0.15) is 0 Å². The normalized spacial score (nSPS) is 10.6. The van der Waals surface area contributed by atoms with Crippen LogP contribution >= 0.6 is 0 Å². The van der Waals surface area contributed by atoms with E-state index in [0.29, 0.717) is 12.1 Å². The molecule has 1 heterocycles. The van der Waals surface area contributed by atoms with E-state index in [-0.39, 0.29) is 5.78 Å². The van der Waals surface area contributed by atoms with Gasteiger partial charge in [-0.1, -0.05) is 38.7 Å². The molecule has 0 fully saturated rings. The van der Waals surface area contributed by atoms with Gasteiger partial charge < -0.3 is 5.32 Å². The average molecular weight is 298 g/mol. The molecule has 1 aromatic carbocycles. The highest BCUT2D eigenvalue weighted by Gasteiger charge is 2.13. The zero-order valence-electron chi connectivity index (χ0n) is 13.0. The lowest BCUT2D eigenvalue weighted by Crippen LogP contribution is -2.22. The molecule has 2 rings (SSSR count). The first-order valence-corrected chi connectivity index (χ1v) is 7.89. The molecule has 22 heavy (non-hydrogen) atoms. The standard InChI is InChI=1S/C18H22N2O2/c1-2-3-4-5-6-9-17(21)18(22)20-15-10-11-16-14(13-15)8-7-12-19-16/h7-8,10-13H,2-6,9H2,1H3,(H,20,22). The summed E-state index contributed by atoms with van der Waals surface area (Å²) in [7, 11) is 0. The molecule has 1 aromatic heterocycles. The van der Waals surface area contributed by atoms with E-state index in [1.807, 2.05) is 24.3 Å². The van der Waals surface area contributed by atoms with E-state index < -0.39 is 5.91 Å². The molecule has 0 saturated carbocycles. The molecular formula is C18H22N2O2. The van der Waals surface area contributed by atoms with Gasteiger partial charge in [0, 0.05) is 23.7 Å². The van der Waals surface area contributed by atoms with Crippen molar-refractivity contribution in [1.82, 2.24) is 4.98 Å². The molecule has 116 valence electrons. The largest absolute Gasteiger partial charge is 0.319 e. The number of ketones is 1. The van der Waals surface area contributed by atoms with Gasteiger partial charge in [-0.05, 0) is 30.7 Å². The Bertz CT molecular complexity index is 652. The van der Waals surface area contributed by atoms with Crippen LogP contribution in [0, 0.1) is 0 Å². The van der Waals surface area contributed by atoms with Crippen LogP contribution < -0.4 is 5.32 Å². The summed E-state index contributed by atoms with van der Waals surface area (Å²) in [4.78, 5) is 27.9. The summed E-state index contributed by atoms with van der Waals surface area (Å²) in [5, 5.41) is 3.61. The number of anilines is 1. The highest BCUT2D eigenvalue weighted by Crippen LogP contribution is 2.17. The molecule has 0 spiro atoms. The summed E-state index contributed by atoms with van der Waals surface area (Å²) in [6.45, 7) is 2.15. The van der Waals surface area contributed by atoms with Crippen molar-refractivity contribution in [2.75, 3.05) is 5.32 Å². The van der Waals surface area contributed by atoms with Crippen LogP contribution in [0.4, 0.5) is 5.69 Å². The summed E-state index contributed by atoms with van der Waals surface area (Å²) >= 11 is 0. The quantitative estimate of drug-likeness (QED) is 0.589. The summed E-state index contributed by atoms with van der Waals surface area (Å²) < 4.78 is 0. The summed E-state index contributed by atoms with van der Waals surface area (Å²) in [5.41, 5.74) is 1.49. The number of nitrogens with zero attached hydrogens (tertiary/aromatic N) is 1. The molecule has 0 atom stereocenters. The molecule has 1 amide bonds. The number of hydrogen-bond donors (Lipinski definition) is 1. The molecule has 0 aliphatic rings. The number of benzene rings is 1. The number of unbranched alkanes of at least 4 members (excludes halogenated alkanes) is 4. The van der Waals surface area contributed by atoms with Crippen LogP contribution in [0.3, 0.4) is 0 Å². The van der Waals surface area contributed by atoms with Gasteiger partial charge in [0.1, 0.15) is 0 Å². The van der Waals surface area contributed by atoms with Crippen molar-refractivity contribution in [2.24, 2.45) is 0 Å². The van der Waals surface area contributed by atoms with E-state index in [0.717, 1.165) is 30.2 Å². The zero-order valence-corrected chi connectivity index (χ0v) is 13.0. The number of carbonyl (C=O) groups excluding carboxylic acids is 2. The minimum absolute atomic E-state index is 0.324. The maximum absolute atomic E-state index is 11.9. The Kier molecular flexibility index (Phi) is 6.07. The van der Waals surface area contributed by atoms with Crippen molar-refractivity contribution in [3.8, 4) is 0 Å². The third kappa shape index (κ3) is 4.65. The minimum atomic E-state index is -0.529. The van der Waals surface area contributed by atoms with Crippen molar-refractivity contribution < 1.29 is 9.59 Å². The lowest BCUT2D eigenvalue weighted by molar-refractivity contribution is -0.134. The van der Waals surface area contributed by atoms with Crippen molar-refractivity contribution >= 4 is 28.3 Å². The molecular weight excluding hydrogens is 276 g/mol. The minimum Gasteiger partial charge on any atom is -0.319 e. The summed E-state index contributed by atoms with van der Waals surface area (Å²) in [5.74, 6) is -0.874. The lowest BCUT2D eigenvalue weighted by atomic mass is 10.1. The number of fused-ring (bicyclic) bond motifs is 1. The Morgan fingerprint density at radius 2 is 1.91 bits per heavy atom. The smallest absolute Gasteiger partial charge is 0.291 e. The molecule has 0 aliphatic carbocycles. The number of pyridine rings is 1. The Morgan fingerprint density at radius 3 is 2.73 bits per heavy atom. The van der Waals surface area contributed by atoms with E-state index in [4.69, 9.17) is 0 Å². The van der Waals surface area contributed by atoms with Crippen LogP contribution in [0.2, 0.25) is 0 Å². The fourth-order valence-electron chi connectivity index (χ4n) is 2.36. The first-order chi connectivity index (χ1) is 10.7. The average Bonchev–Trinajstić information content (AvgIpc) is 2.54. The van der Waals surface area contributed by atoms with Gasteiger partial charge in [0.15, 0.2) is 0 Å². The zero-order chi connectivity index (χ0) is 15.8. The van der Waals surface area contributed by atoms with Gasteiger partial charge >= 0.3 is 0 Å². The van der Waals surface area contributed by atoms with Crippen LogP contribution in [0.1, 0.15) is 45.4 Å². The third-order valence-corrected chi connectivity index (χ3v) is 3.62. The van der Waals surface area contributed by atoms with Crippen molar-refractivity contribution in [2.45, 2.75) is 45.4 Å². The second-order valence-corrected chi connectivity index (χ2v) is 5.45. The maximum atomic E-state index is 11.9. The van der Waals surface area contributed by atoms with Gasteiger partial charge in [0.25, 0.3) is 5.91 Å². The predicted octanol–water partition coefficient (Wildman–Crippen LogP) is 4.10. The second kappa shape index (κ2) is 8.27. The number of rotatable bonds is 8. The highest BCUT2D eigenvalue weighted by atomic mass is 16.2. The molecule has 0 unspecified atom stereocenters. The highest BCUT2D eigenvalue weighted by molar-refractivity contribution is 6.40. The van der Waals surface area contributed by atoms with Gasteiger partial charge in [-0.3, -0.25) is 14.6 Å². The number of Topliss-reactive ketones (excluding diaryl/α,β-unsaturated/α-hetero) is 1. The Balaban J connectivity index is 1.85. The van der Waals surface area contributed by atoms with E-state index in [1.165, 1.54) is 12.8 Å². The molecule has 0 aliphatic heterocycles. The van der Waals surface area contributed by atoms with Crippen LogP contribution in [-0.2, 0) is 9.59 Å². The van der Waals surface area contributed by atoms with Crippen LogP contribution in [-0.4, -0.2) is 16.7 Å². The third-order valence-electron chi connectivity index (χ3n) is 3.62. The molecule has 4 nitrogen and oxygen atoms in total. The fraction of sp³-hybridized carbons (Fsp3) is 0.389. The molecule has 4 heteroatoms. The van der Waals surface area contributed by atoms with Gasteiger partial charge in [-0.25, -0.2) is 0 Å². The molecule has 0 radical (unpaired) electrons. The number of nitrogens with one attached hydrogen (secondary N) is 1. The first-order valence-electron chi connectivity index (χ1n) is 7.89. The lowest BCUT2D eigenvalue weighted by Gasteiger charge is -2.06. The summed E-state index contributed by atoms with van der Waals surface area (Å²) in [6.07, 6.45) is 7.33. The predicted molar refractivity (Wildman–Crippen MR) is 88.8 cm³/mol. The topological polar surface area (TPSA) is 59.1 Å². The van der Waals surface area contributed by atoms with E-state index in [1.54, 1.807) is 12.3 Å². The monoisotopic (exact) mass is 298 g/mol. The fourth-order valence-corrected chi connectivity index (χ4v) is 2.36. The van der Waals surface area contributed by atoms with Crippen LogP contribution in [0.25, 0.3) is 10.9 Å². The second-order valence-electron chi connectivity index (χ2n) is 5.45. The van der Waals surface area contributed by atoms with E-state index in [9.17, 15) is 9.59 Å². The first kappa shape index (κ1) is 16.1. The van der Waals surface area contributed by atoms with Crippen molar-refractivity contribution in [3.63, 3.8) is 0 Å². The Hall–Kier alpha value is -2.23. The van der Waals surface area contributed by atoms with E-state index >= 15 is 0 Å². The molecule has 0 saturated heterocycles. The molecule has 0 bridgehead atoms. The van der Waals surface area contributed by atoms with Crippen LogP contribution in [0.5, 0.6) is 0 Å². The van der Waals surface area contributed by atoms with Gasteiger partial charge in [0.05, 0.1) is 5.52 Å². The van der Waals surface area contributed by atoms with Crippen molar-refractivity contribution in [1.29, 1.82) is 0 Å². The van der Waals surface area contributed by atoms with Crippen molar-refractivity contribution in [3.05, 3.63) is 36.5 Å². The van der Waals surface area contributed by atoms with E-state index in [2.05, 4.69) is 17.2 Å². The Labute approximate surface area is 130 Å². The SMILES string of the molecule is CCCCCCCC(=O)C(=O)Nc1ccc2ncccc2c1. The van der Waals surface area contributed by atoms with Gasteiger partial charge in [0.2, 0.25) is 5.78 Å². The molecule has 1 N–H and O–H groups in total. The number of amides is 1.